The number of amidine groups is 1. The van der Waals surface area contributed by atoms with Crippen LogP contribution in [0.15, 0.2) is 22.1 Å². The molecule has 1 aromatic rings. The Morgan fingerprint density at radius 1 is 1.18 bits per heavy atom. The number of pyridine rings is 1. The third-order valence-corrected chi connectivity index (χ3v) is 5.50. The van der Waals surface area contributed by atoms with E-state index in [1.165, 1.54) is 12.8 Å². The van der Waals surface area contributed by atoms with Crippen molar-refractivity contribution in [1.29, 1.82) is 0 Å². The molecule has 0 aliphatic carbocycles. The van der Waals surface area contributed by atoms with Crippen molar-refractivity contribution in [2.24, 2.45) is 9.98 Å². The molecule has 154 valence electrons. The zero-order chi connectivity index (χ0) is 20.1. The first-order chi connectivity index (χ1) is 13.6. The maximum Gasteiger partial charge on any atom is 0.239 e. The van der Waals surface area contributed by atoms with E-state index >= 15 is 0 Å². The molecule has 0 saturated carbocycles. The van der Waals surface area contributed by atoms with Crippen LogP contribution < -0.4 is 14.5 Å². The molecular weight excluding hydrogens is 354 g/mol. The van der Waals surface area contributed by atoms with Gasteiger partial charge in [-0.2, -0.15) is 4.98 Å². The quantitative estimate of drug-likeness (QED) is 0.716. The van der Waals surface area contributed by atoms with Crippen LogP contribution in [-0.4, -0.2) is 62.7 Å². The minimum absolute atomic E-state index is 0.0350. The summed E-state index contributed by atoms with van der Waals surface area (Å²) in [5.41, 5.74) is 0.899. The molecule has 0 spiro atoms. The summed E-state index contributed by atoms with van der Waals surface area (Å²) in [5.74, 6) is 2.40. The van der Waals surface area contributed by atoms with E-state index in [1.807, 2.05) is 6.21 Å². The van der Waals surface area contributed by atoms with E-state index in [0.717, 1.165) is 43.3 Å². The van der Waals surface area contributed by atoms with Crippen LogP contribution >= 0.6 is 0 Å². The van der Waals surface area contributed by atoms with E-state index in [-0.39, 0.29) is 12.1 Å². The first kappa shape index (κ1) is 20.6. The van der Waals surface area contributed by atoms with Crippen LogP contribution in [0.5, 0.6) is 5.88 Å². The van der Waals surface area contributed by atoms with Gasteiger partial charge in [-0.1, -0.05) is 13.8 Å². The second kappa shape index (κ2) is 9.37. The van der Waals surface area contributed by atoms with Gasteiger partial charge in [-0.3, -0.25) is 9.98 Å². The van der Waals surface area contributed by atoms with Gasteiger partial charge >= 0.3 is 0 Å². The number of hydrogen-bond acceptors (Lipinski definition) is 6. The summed E-state index contributed by atoms with van der Waals surface area (Å²) in [4.78, 5) is 18.8. The number of ether oxygens (including phenoxy) is 2. The molecule has 1 saturated heterocycles. The molecule has 2 atom stereocenters. The lowest BCUT2D eigenvalue weighted by Gasteiger charge is -2.37. The third kappa shape index (κ3) is 4.14. The number of anilines is 2. The van der Waals surface area contributed by atoms with Crippen LogP contribution in [0.2, 0.25) is 0 Å². The fourth-order valence-corrected chi connectivity index (χ4v) is 3.84. The average Bonchev–Trinajstić information content (AvgIpc) is 3.26. The zero-order valence-corrected chi connectivity index (χ0v) is 17.8. The molecule has 2 aliphatic rings. The van der Waals surface area contributed by atoms with Crippen LogP contribution in [-0.2, 0) is 4.74 Å². The van der Waals surface area contributed by atoms with Crippen molar-refractivity contribution in [2.45, 2.75) is 64.8 Å². The molecule has 1 fully saturated rings. The summed E-state index contributed by atoms with van der Waals surface area (Å²) >= 11 is 0. The van der Waals surface area contributed by atoms with E-state index < -0.39 is 6.23 Å². The van der Waals surface area contributed by atoms with Crippen molar-refractivity contribution in [3.63, 3.8) is 0 Å². The lowest BCUT2D eigenvalue weighted by Crippen LogP contribution is -2.50. The summed E-state index contributed by atoms with van der Waals surface area (Å²) in [5, 5.41) is 0. The molecule has 7 heteroatoms. The Bertz CT molecular complexity index is 711. The lowest BCUT2D eigenvalue weighted by atomic mass is 10.1. The van der Waals surface area contributed by atoms with Crippen LogP contribution in [0.1, 0.15) is 46.5 Å². The molecule has 0 amide bonds. The molecule has 2 aliphatic heterocycles. The second-order valence-electron chi connectivity index (χ2n) is 7.35. The van der Waals surface area contributed by atoms with Crippen molar-refractivity contribution in [1.82, 2.24) is 4.98 Å². The van der Waals surface area contributed by atoms with E-state index in [4.69, 9.17) is 19.5 Å². The lowest BCUT2D eigenvalue weighted by molar-refractivity contribution is 0.159. The number of hydrogen-bond donors (Lipinski definition) is 0. The summed E-state index contributed by atoms with van der Waals surface area (Å²) in [6.07, 6.45) is 5.88. The standard InChI is InChI=1S/C21H33N5O2/c1-6-16(7-2)23-19-21(28-5)22-14-15(3)26(19)17-10-11-18(24-20(17)27-4)25-12-8-9-13-25/h10-11,14-16,21H,6-9,12-13H2,1-5H3. The fraction of sp³-hybridized carbons (Fsp3) is 0.667. The Morgan fingerprint density at radius 3 is 2.50 bits per heavy atom. The van der Waals surface area contributed by atoms with Gasteiger partial charge in [0, 0.05) is 26.4 Å². The minimum Gasteiger partial charge on any atom is -0.479 e. The largest absolute Gasteiger partial charge is 0.479 e. The predicted octanol–water partition coefficient (Wildman–Crippen LogP) is 3.53. The summed E-state index contributed by atoms with van der Waals surface area (Å²) in [7, 11) is 3.35. The van der Waals surface area contributed by atoms with E-state index in [1.54, 1.807) is 14.2 Å². The van der Waals surface area contributed by atoms with Crippen molar-refractivity contribution in [2.75, 3.05) is 37.1 Å². The molecule has 28 heavy (non-hydrogen) atoms. The highest BCUT2D eigenvalue weighted by Crippen LogP contribution is 2.33. The van der Waals surface area contributed by atoms with Crippen LogP contribution in [0.25, 0.3) is 0 Å². The molecule has 3 rings (SSSR count). The Balaban J connectivity index is 2.03. The SMILES string of the molecule is CCC(CC)N=C1C(OC)N=CC(C)N1c1ccc(N2CCCC2)nc1OC. The van der Waals surface area contributed by atoms with Crippen molar-refractivity contribution in [3.05, 3.63) is 12.1 Å². The van der Waals surface area contributed by atoms with Gasteiger partial charge in [0.15, 0.2) is 5.84 Å². The van der Waals surface area contributed by atoms with Crippen molar-refractivity contribution >= 4 is 23.6 Å². The van der Waals surface area contributed by atoms with Gasteiger partial charge in [0.25, 0.3) is 0 Å². The summed E-state index contributed by atoms with van der Waals surface area (Å²) < 4.78 is 11.3. The van der Waals surface area contributed by atoms with Gasteiger partial charge in [0.05, 0.1) is 19.2 Å². The molecule has 0 bridgehead atoms. The molecule has 0 aromatic carbocycles. The van der Waals surface area contributed by atoms with Crippen molar-refractivity contribution in [3.8, 4) is 5.88 Å². The number of aliphatic imine (C=N–C) groups is 2. The number of nitrogens with zero attached hydrogens (tertiary/aromatic N) is 5. The highest BCUT2D eigenvalue weighted by atomic mass is 16.5. The summed E-state index contributed by atoms with van der Waals surface area (Å²) in [6.45, 7) is 8.52. The Kier molecular flexibility index (Phi) is 6.88. The fourth-order valence-electron chi connectivity index (χ4n) is 3.84. The molecule has 0 radical (unpaired) electrons. The first-order valence-electron chi connectivity index (χ1n) is 10.4. The van der Waals surface area contributed by atoms with Crippen molar-refractivity contribution < 1.29 is 9.47 Å². The van der Waals surface area contributed by atoms with Gasteiger partial charge in [-0.25, -0.2) is 0 Å². The monoisotopic (exact) mass is 387 g/mol. The number of rotatable bonds is 7. The highest BCUT2D eigenvalue weighted by molar-refractivity contribution is 6.07. The Hall–Kier alpha value is -2.15. The first-order valence-corrected chi connectivity index (χ1v) is 10.4. The molecule has 0 N–H and O–H groups in total. The number of methoxy groups -OCH3 is 2. The molecule has 2 unspecified atom stereocenters. The van der Waals surface area contributed by atoms with Gasteiger partial charge in [-0.05, 0) is 44.7 Å². The Labute approximate surface area is 168 Å². The minimum atomic E-state index is -0.417. The molecule has 3 heterocycles. The molecule has 7 nitrogen and oxygen atoms in total. The van der Waals surface area contributed by atoms with E-state index in [9.17, 15) is 0 Å². The maximum absolute atomic E-state index is 5.70. The molecule has 1 aromatic heterocycles. The zero-order valence-electron chi connectivity index (χ0n) is 17.8. The third-order valence-electron chi connectivity index (χ3n) is 5.50. The van der Waals surface area contributed by atoms with Crippen LogP contribution in [0.3, 0.4) is 0 Å². The van der Waals surface area contributed by atoms with Gasteiger partial charge in [0.2, 0.25) is 12.1 Å². The maximum atomic E-state index is 5.70. The second-order valence-corrected chi connectivity index (χ2v) is 7.35. The van der Waals surface area contributed by atoms with E-state index in [2.05, 4.69) is 47.7 Å². The highest BCUT2D eigenvalue weighted by Gasteiger charge is 2.33. The van der Waals surface area contributed by atoms with Crippen LogP contribution in [0, 0.1) is 0 Å². The Morgan fingerprint density at radius 2 is 1.89 bits per heavy atom. The average molecular weight is 388 g/mol. The topological polar surface area (TPSA) is 62.6 Å². The molecular formula is C21H33N5O2. The predicted molar refractivity (Wildman–Crippen MR) is 115 cm³/mol. The van der Waals surface area contributed by atoms with E-state index in [0.29, 0.717) is 5.88 Å². The van der Waals surface area contributed by atoms with Gasteiger partial charge in [-0.15, -0.1) is 0 Å². The van der Waals surface area contributed by atoms with Gasteiger partial charge < -0.3 is 19.3 Å². The number of aromatic nitrogens is 1. The summed E-state index contributed by atoms with van der Waals surface area (Å²) in [6, 6.07) is 4.44. The smallest absolute Gasteiger partial charge is 0.239 e. The normalized spacial score (nSPS) is 23.9. The van der Waals surface area contributed by atoms with Gasteiger partial charge in [0.1, 0.15) is 11.5 Å². The van der Waals surface area contributed by atoms with Crippen LogP contribution in [0.4, 0.5) is 11.5 Å².